The van der Waals surface area contributed by atoms with Crippen molar-refractivity contribution in [2.45, 2.75) is 117 Å². The second kappa shape index (κ2) is 13.8. The van der Waals surface area contributed by atoms with Gasteiger partial charge in [0, 0.05) is 65.6 Å². The third-order valence-electron chi connectivity index (χ3n) is 15.7. The fraction of sp³-hybridized carbons (Fsp3) is 0.290. The number of fused-ring (bicyclic) bond motifs is 12. The van der Waals surface area contributed by atoms with Gasteiger partial charge in [0.05, 0.1) is 11.4 Å². The van der Waals surface area contributed by atoms with Crippen LogP contribution in [0.4, 0.5) is 34.1 Å². The van der Waals surface area contributed by atoms with Gasteiger partial charge in [-0.05, 0) is 115 Å². The molecule has 0 atom stereocenters. The Morgan fingerprint density at radius 2 is 1.07 bits per heavy atom. The second-order valence-corrected chi connectivity index (χ2v) is 24.9. The molecule has 3 aliphatic heterocycles. The van der Waals surface area contributed by atoms with Gasteiger partial charge in [0.25, 0.3) is 6.71 Å². The monoisotopic (exact) mass is 892 g/mol. The quantitative estimate of drug-likeness (QED) is 0.161. The van der Waals surface area contributed by atoms with E-state index in [2.05, 4.69) is 233 Å². The molecule has 0 saturated heterocycles. The first-order chi connectivity index (χ1) is 31.6. The van der Waals surface area contributed by atoms with Crippen LogP contribution < -0.4 is 30.2 Å². The molecule has 0 saturated carbocycles. The van der Waals surface area contributed by atoms with Crippen molar-refractivity contribution in [3.63, 3.8) is 0 Å². The first-order valence-electron chi connectivity index (χ1n) is 24.3. The minimum atomic E-state index is -0.400. The minimum absolute atomic E-state index is 0.00857. The number of hydrogen-bond donors (Lipinski definition) is 0. The van der Waals surface area contributed by atoms with Gasteiger partial charge in [-0.3, -0.25) is 0 Å². The van der Waals surface area contributed by atoms with Crippen LogP contribution in [0, 0.1) is 0 Å². The van der Waals surface area contributed by atoms with E-state index in [1.54, 1.807) is 0 Å². The molecule has 0 radical (unpaired) electrons. The van der Waals surface area contributed by atoms with Crippen molar-refractivity contribution < 1.29 is 4.74 Å². The topological polar surface area (TPSA) is 15.7 Å². The fourth-order valence-corrected chi connectivity index (χ4v) is 13.3. The molecule has 0 fully saturated rings. The van der Waals surface area contributed by atoms with Crippen LogP contribution in [0.3, 0.4) is 0 Å². The molecule has 67 heavy (non-hydrogen) atoms. The molecule has 1 aliphatic carbocycles. The van der Waals surface area contributed by atoms with Gasteiger partial charge in [0.2, 0.25) is 0 Å². The zero-order valence-corrected chi connectivity index (χ0v) is 42.3. The van der Waals surface area contributed by atoms with Crippen LogP contribution in [0.15, 0.2) is 133 Å². The van der Waals surface area contributed by atoms with E-state index in [-0.39, 0.29) is 28.4 Å². The molecule has 12 rings (SSSR count). The van der Waals surface area contributed by atoms with E-state index >= 15 is 0 Å². The lowest BCUT2D eigenvalue weighted by Gasteiger charge is -2.47. The van der Waals surface area contributed by atoms with Gasteiger partial charge in [0.1, 0.15) is 11.5 Å². The molecule has 0 spiro atoms. The van der Waals surface area contributed by atoms with E-state index in [9.17, 15) is 0 Å². The van der Waals surface area contributed by atoms with E-state index < -0.39 is 5.41 Å². The van der Waals surface area contributed by atoms with Gasteiger partial charge in [-0.1, -0.05) is 169 Å². The number of benzene rings is 7. The molecule has 0 amide bonds. The van der Waals surface area contributed by atoms with Crippen LogP contribution in [0.1, 0.15) is 129 Å². The third kappa shape index (κ3) is 6.02. The lowest BCUT2D eigenvalue weighted by atomic mass is 9.35. The zero-order chi connectivity index (χ0) is 46.9. The zero-order valence-electron chi connectivity index (χ0n) is 41.5. The molecule has 8 aromatic rings. The summed E-state index contributed by atoms with van der Waals surface area (Å²) in [6.07, 6.45) is 0. The number of ether oxygens (including phenoxy) is 1. The highest BCUT2D eigenvalue weighted by molar-refractivity contribution is 7.33. The Morgan fingerprint density at radius 3 is 1.72 bits per heavy atom. The van der Waals surface area contributed by atoms with Gasteiger partial charge in [0.15, 0.2) is 0 Å². The smallest absolute Gasteiger partial charge is 0.264 e. The summed E-state index contributed by atoms with van der Waals surface area (Å²) in [5.41, 5.74) is 21.3. The highest BCUT2D eigenvalue weighted by atomic mass is 32.1. The molecule has 4 aliphatic rings. The summed E-state index contributed by atoms with van der Waals surface area (Å²) in [5, 5.41) is 1.31. The molecule has 0 unspecified atom stereocenters. The van der Waals surface area contributed by atoms with Crippen molar-refractivity contribution >= 4 is 78.0 Å². The van der Waals surface area contributed by atoms with Gasteiger partial charge >= 0.3 is 0 Å². The lowest BCUT2D eigenvalue weighted by molar-refractivity contribution is 0.419. The average molecular weight is 893 g/mol. The SMILES string of the molecule is CC(C)(C)c1ccc(N2c3ccc(C(C)(C)C)cc3B3c4sc5cc6c(cc5c4N(c4ccc(C(C)(C)C)cc4)c4c3c2cc2c4C(C)(C)c3ccccc3O2)-c2ccccc2C6(C)C)cc1. The number of hydrogen-bond acceptors (Lipinski definition) is 4. The van der Waals surface area contributed by atoms with E-state index in [1.165, 1.54) is 98.6 Å². The van der Waals surface area contributed by atoms with E-state index in [1.807, 2.05) is 11.3 Å². The van der Waals surface area contributed by atoms with E-state index in [4.69, 9.17) is 4.74 Å². The molecule has 4 heterocycles. The average Bonchev–Trinajstić information content (AvgIpc) is 3.75. The molecule has 3 nitrogen and oxygen atoms in total. The van der Waals surface area contributed by atoms with Crippen LogP contribution in [0.25, 0.3) is 21.2 Å². The van der Waals surface area contributed by atoms with Crippen LogP contribution in [0.5, 0.6) is 11.5 Å². The van der Waals surface area contributed by atoms with Crippen LogP contribution in [-0.2, 0) is 27.1 Å². The number of nitrogens with zero attached hydrogens (tertiary/aromatic N) is 2. The highest BCUT2D eigenvalue weighted by Gasteiger charge is 2.51. The van der Waals surface area contributed by atoms with Crippen molar-refractivity contribution in [3.05, 3.63) is 172 Å². The third-order valence-corrected chi connectivity index (χ3v) is 17.0. The summed E-state index contributed by atoms with van der Waals surface area (Å²) in [5.74, 6) is 1.84. The molecule has 0 bridgehead atoms. The van der Waals surface area contributed by atoms with Gasteiger partial charge in [-0.25, -0.2) is 0 Å². The predicted octanol–water partition coefficient (Wildman–Crippen LogP) is 15.6. The molecule has 5 heteroatoms. The minimum Gasteiger partial charge on any atom is -0.457 e. The number of rotatable bonds is 2. The van der Waals surface area contributed by atoms with Crippen molar-refractivity contribution in [3.8, 4) is 22.6 Å². The van der Waals surface area contributed by atoms with Gasteiger partial charge < -0.3 is 14.5 Å². The largest absolute Gasteiger partial charge is 0.457 e. The van der Waals surface area contributed by atoms with E-state index in [0.29, 0.717) is 0 Å². The second-order valence-electron chi connectivity index (χ2n) is 23.9. The van der Waals surface area contributed by atoms with Gasteiger partial charge in [-0.2, -0.15) is 0 Å². The Bertz CT molecular complexity index is 3390. The van der Waals surface area contributed by atoms with Crippen molar-refractivity contribution in [2.75, 3.05) is 9.80 Å². The summed E-state index contributed by atoms with van der Waals surface area (Å²) in [6.45, 7) is 30.5. The molecule has 334 valence electrons. The maximum Gasteiger partial charge on any atom is 0.264 e. The number of anilines is 6. The van der Waals surface area contributed by atoms with Crippen LogP contribution in [-0.4, -0.2) is 6.71 Å². The Labute approximate surface area is 402 Å². The first kappa shape index (κ1) is 42.3. The number of para-hydroxylation sites is 1. The fourth-order valence-electron chi connectivity index (χ4n) is 12.0. The summed E-state index contributed by atoms with van der Waals surface area (Å²) in [7, 11) is 0. The molecule has 1 aromatic heterocycles. The Morgan fingerprint density at radius 1 is 0.493 bits per heavy atom. The molecule has 7 aromatic carbocycles. The normalized spacial score (nSPS) is 16.1. The number of thiophene rings is 1. The Hall–Kier alpha value is -6.04. The highest BCUT2D eigenvalue weighted by Crippen LogP contribution is 2.59. The van der Waals surface area contributed by atoms with E-state index in [0.717, 1.165) is 22.9 Å². The van der Waals surface area contributed by atoms with Crippen LogP contribution >= 0.6 is 11.3 Å². The summed E-state index contributed by atoms with van der Waals surface area (Å²) in [4.78, 5) is 5.22. The Kier molecular flexibility index (Phi) is 8.71. The maximum atomic E-state index is 7.26. The predicted molar refractivity (Wildman–Crippen MR) is 288 cm³/mol. The summed E-state index contributed by atoms with van der Waals surface area (Å²) >= 11 is 2.00. The summed E-state index contributed by atoms with van der Waals surface area (Å²) < 4.78 is 9.98. The standard InChI is InChI=1S/C62H61BN2OS/c1-58(2,3)36-22-27-39(28-23-36)64-48-31-26-38(60(7,8)9)32-47(48)63-54-49(64)35-51-53(62(12,13)45-20-16-17-21-50(45)66-51)56(54)65(40-29-24-37(25-30-40)59(4,5)6)55-43-33-42-41-18-14-15-19-44(41)61(10,11)46(42)34-52(43)67-57(55)63/h14-35H,1-13H3. The first-order valence-corrected chi connectivity index (χ1v) is 25.1. The Balaban J connectivity index is 1.25. The van der Waals surface area contributed by atoms with Gasteiger partial charge in [-0.15, -0.1) is 11.3 Å². The maximum absolute atomic E-state index is 7.26. The van der Waals surface area contributed by atoms with Crippen molar-refractivity contribution in [1.82, 2.24) is 0 Å². The van der Waals surface area contributed by atoms with Crippen molar-refractivity contribution in [2.24, 2.45) is 0 Å². The summed E-state index contributed by atoms with van der Waals surface area (Å²) in [6, 6.07) is 51.4. The molecule has 0 N–H and O–H groups in total. The van der Waals surface area contributed by atoms with Crippen LogP contribution in [0.2, 0.25) is 0 Å². The molecular weight excluding hydrogens is 832 g/mol. The molecular formula is C62H61BN2OS. The van der Waals surface area contributed by atoms with Crippen molar-refractivity contribution in [1.29, 1.82) is 0 Å². The lowest BCUT2D eigenvalue weighted by Crippen LogP contribution is -2.61.